The van der Waals surface area contributed by atoms with Gasteiger partial charge in [-0.1, -0.05) is 18.2 Å². The number of non-ortho nitro benzene ring substituents is 2. The molecule has 1 N–H and O–H groups in total. The number of anilines is 1. The summed E-state index contributed by atoms with van der Waals surface area (Å²) in [5.74, 6) is -0.269. The molecule has 0 aliphatic carbocycles. The summed E-state index contributed by atoms with van der Waals surface area (Å²) in [7, 11) is 0. The van der Waals surface area contributed by atoms with Gasteiger partial charge in [0, 0.05) is 41.6 Å². The minimum atomic E-state index is -0.772. The van der Waals surface area contributed by atoms with Crippen molar-refractivity contribution in [2.45, 2.75) is 0 Å². The molecule has 30 heavy (non-hydrogen) atoms. The van der Waals surface area contributed by atoms with Crippen LogP contribution in [0.5, 0.6) is 0 Å². The van der Waals surface area contributed by atoms with Gasteiger partial charge in [-0.15, -0.1) is 0 Å². The molecule has 148 valence electrons. The molecule has 0 fully saturated rings. The van der Waals surface area contributed by atoms with Crippen molar-refractivity contribution < 1.29 is 19.1 Å². The number of carbonyl (C=O) groups excluding carboxylic acids is 1. The van der Waals surface area contributed by atoms with Crippen LogP contribution in [0.1, 0.15) is 5.76 Å². The molecule has 0 saturated heterocycles. The van der Waals surface area contributed by atoms with Crippen LogP contribution >= 0.6 is 0 Å². The smallest absolute Gasteiger partial charge is 0.271 e. The van der Waals surface area contributed by atoms with Gasteiger partial charge in [-0.2, -0.15) is 5.26 Å². The van der Waals surface area contributed by atoms with Crippen LogP contribution in [0.15, 0.2) is 70.7 Å². The number of furan rings is 1. The number of nitro benzene ring substituents is 2. The third-order valence-electron chi connectivity index (χ3n) is 3.93. The van der Waals surface area contributed by atoms with E-state index in [-0.39, 0.29) is 28.4 Å². The number of nitriles is 1. The first-order valence-corrected chi connectivity index (χ1v) is 8.39. The zero-order chi connectivity index (χ0) is 21.7. The normalized spacial score (nSPS) is 10.8. The fraction of sp³-hybridized carbons (Fsp3) is 0. The number of hydrogen-bond donors (Lipinski definition) is 1. The minimum absolute atomic E-state index is 0.102. The number of rotatable bonds is 6. The predicted octanol–water partition coefficient (Wildman–Crippen LogP) is 4.31. The lowest BCUT2D eigenvalue weighted by Crippen LogP contribution is -2.13. The molecule has 1 aromatic heterocycles. The number of amides is 1. The maximum atomic E-state index is 12.3. The summed E-state index contributed by atoms with van der Waals surface area (Å²) < 4.78 is 5.57. The average molecular weight is 404 g/mol. The summed E-state index contributed by atoms with van der Waals surface area (Å²) in [5.41, 5.74) is 0.0230. The van der Waals surface area contributed by atoms with Gasteiger partial charge in [0.1, 0.15) is 23.2 Å². The van der Waals surface area contributed by atoms with Gasteiger partial charge < -0.3 is 9.73 Å². The highest BCUT2D eigenvalue weighted by molar-refractivity contribution is 6.09. The summed E-state index contributed by atoms with van der Waals surface area (Å²) in [4.78, 5) is 32.9. The van der Waals surface area contributed by atoms with Gasteiger partial charge in [0.2, 0.25) is 0 Å². The molecule has 0 bridgehead atoms. The molecule has 0 atom stereocenters. The molecule has 0 saturated carbocycles. The van der Waals surface area contributed by atoms with Crippen LogP contribution in [0, 0.1) is 31.6 Å². The molecule has 10 nitrogen and oxygen atoms in total. The molecule has 0 radical (unpaired) electrons. The van der Waals surface area contributed by atoms with E-state index < -0.39 is 15.8 Å². The number of benzene rings is 2. The van der Waals surface area contributed by atoms with E-state index in [0.717, 1.165) is 0 Å². The van der Waals surface area contributed by atoms with E-state index in [4.69, 9.17) is 4.42 Å². The van der Waals surface area contributed by atoms with E-state index in [1.807, 2.05) is 0 Å². The molecular formula is C20H12N4O6. The van der Waals surface area contributed by atoms with Gasteiger partial charge >= 0.3 is 0 Å². The van der Waals surface area contributed by atoms with Crippen LogP contribution in [-0.2, 0) is 4.79 Å². The van der Waals surface area contributed by atoms with Crippen LogP contribution in [0.4, 0.5) is 17.1 Å². The third kappa shape index (κ3) is 4.55. The van der Waals surface area contributed by atoms with Crippen molar-refractivity contribution in [3.63, 3.8) is 0 Å². The molecule has 1 amide bonds. The van der Waals surface area contributed by atoms with E-state index >= 15 is 0 Å². The molecule has 2 aromatic carbocycles. The van der Waals surface area contributed by atoms with Crippen molar-refractivity contribution >= 4 is 29.0 Å². The van der Waals surface area contributed by atoms with Gasteiger partial charge in [0.15, 0.2) is 0 Å². The molecule has 0 aliphatic heterocycles. The van der Waals surface area contributed by atoms with Crippen LogP contribution < -0.4 is 5.32 Å². The van der Waals surface area contributed by atoms with E-state index in [9.17, 15) is 30.3 Å². The van der Waals surface area contributed by atoms with Gasteiger partial charge in [0.25, 0.3) is 17.3 Å². The SMILES string of the molecule is N#C/C(=C\c1ccc(-c2cccc([N+](=O)[O-])c2)o1)C(=O)Nc1cccc([N+](=O)[O-])c1. The monoisotopic (exact) mass is 404 g/mol. The Hall–Kier alpha value is -4.78. The second kappa shape index (κ2) is 8.49. The number of nitrogens with one attached hydrogen (secondary N) is 1. The molecule has 0 spiro atoms. The fourth-order valence-corrected chi connectivity index (χ4v) is 2.54. The standard InChI is InChI=1S/C20H12N4O6/c21-12-14(20(25)22-15-4-2-6-17(11-15)24(28)29)10-18-7-8-19(30-18)13-3-1-5-16(9-13)23(26)27/h1-11H,(H,22,25)/b14-10+. The highest BCUT2D eigenvalue weighted by Crippen LogP contribution is 2.26. The average Bonchev–Trinajstić information content (AvgIpc) is 3.21. The Bertz CT molecular complexity index is 1220. The Morgan fingerprint density at radius 3 is 2.33 bits per heavy atom. The largest absolute Gasteiger partial charge is 0.457 e. The number of carbonyl (C=O) groups is 1. The summed E-state index contributed by atoms with van der Waals surface area (Å²) in [6, 6.07) is 15.9. The van der Waals surface area contributed by atoms with Gasteiger partial charge in [-0.25, -0.2) is 0 Å². The summed E-state index contributed by atoms with van der Waals surface area (Å²) in [6.07, 6.45) is 1.20. The van der Waals surface area contributed by atoms with E-state index in [1.54, 1.807) is 18.2 Å². The second-order valence-corrected chi connectivity index (χ2v) is 5.94. The van der Waals surface area contributed by atoms with Crippen LogP contribution in [0.2, 0.25) is 0 Å². The Balaban J connectivity index is 1.81. The maximum absolute atomic E-state index is 12.3. The fourth-order valence-electron chi connectivity index (χ4n) is 2.54. The van der Waals surface area contributed by atoms with E-state index in [1.165, 1.54) is 54.6 Å². The lowest BCUT2D eigenvalue weighted by molar-refractivity contribution is -0.385. The van der Waals surface area contributed by atoms with Crippen molar-refractivity contribution in [1.29, 1.82) is 5.26 Å². The van der Waals surface area contributed by atoms with Crippen LogP contribution in [0.3, 0.4) is 0 Å². The van der Waals surface area contributed by atoms with Gasteiger partial charge in [-0.05, 0) is 18.2 Å². The first kappa shape index (κ1) is 20.0. The molecule has 1 heterocycles. The third-order valence-corrected chi connectivity index (χ3v) is 3.93. The number of nitro groups is 2. The predicted molar refractivity (Wildman–Crippen MR) is 106 cm³/mol. The topological polar surface area (TPSA) is 152 Å². The Kier molecular flexibility index (Phi) is 5.65. The maximum Gasteiger partial charge on any atom is 0.271 e. The van der Waals surface area contributed by atoms with E-state index in [0.29, 0.717) is 11.3 Å². The van der Waals surface area contributed by atoms with Crippen molar-refractivity contribution in [3.05, 3.63) is 92.2 Å². The van der Waals surface area contributed by atoms with Crippen LogP contribution in [0.25, 0.3) is 17.4 Å². The van der Waals surface area contributed by atoms with Crippen molar-refractivity contribution in [2.75, 3.05) is 5.32 Å². The van der Waals surface area contributed by atoms with E-state index in [2.05, 4.69) is 5.32 Å². The molecule has 10 heteroatoms. The second-order valence-electron chi connectivity index (χ2n) is 5.94. The Morgan fingerprint density at radius 1 is 1.00 bits per heavy atom. The lowest BCUT2D eigenvalue weighted by Gasteiger charge is -2.03. The van der Waals surface area contributed by atoms with Crippen molar-refractivity contribution in [1.82, 2.24) is 0 Å². The van der Waals surface area contributed by atoms with Crippen LogP contribution in [-0.4, -0.2) is 15.8 Å². The molecular weight excluding hydrogens is 392 g/mol. The molecule has 3 rings (SSSR count). The van der Waals surface area contributed by atoms with Crippen molar-refractivity contribution in [3.8, 4) is 17.4 Å². The number of nitrogens with zero attached hydrogens (tertiary/aromatic N) is 3. The molecule has 3 aromatic rings. The molecule has 0 unspecified atom stereocenters. The van der Waals surface area contributed by atoms with Gasteiger partial charge in [0.05, 0.1) is 9.85 Å². The Labute approximate surface area is 169 Å². The summed E-state index contributed by atoms with van der Waals surface area (Å²) >= 11 is 0. The summed E-state index contributed by atoms with van der Waals surface area (Å²) in [5, 5.41) is 33.4. The highest BCUT2D eigenvalue weighted by atomic mass is 16.6. The zero-order valence-electron chi connectivity index (χ0n) is 15.1. The van der Waals surface area contributed by atoms with Crippen molar-refractivity contribution in [2.24, 2.45) is 0 Å². The number of hydrogen-bond acceptors (Lipinski definition) is 7. The highest BCUT2D eigenvalue weighted by Gasteiger charge is 2.14. The minimum Gasteiger partial charge on any atom is -0.457 e. The first-order chi connectivity index (χ1) is 14.4. The first-order valence-electron chi connectivity index (χ1n) is 8.39. The molecule has 0 aliphatic rings. The quantitative estimate of drug-likeness (QED) is 0.278. The Morgan fingerprint density at radius 2 is 1.67 bits per heavy atom. The van der Waals surface area contributed by atoms with Gasteiger partial charge in [-0.3, -0.25) is 25.0 Å². The zero-order valence-corrected chi connectivity index (χ0v) is 15.1. The lowest BCUT2D eigenvalue weighted by atomic mass is 10.1. The summed E-state index contributed by atoms with van der Waals surface area (Å²) in [6.45, 7) is 0.